The highest BCUT2D eigenvalue weighted by molar-refractivity contribution is 5.33. The zero-order valence-electron chi connectivity index (χ0n) is 10.6. The number of para-hydroxylation sites is 1. The van der Waals surface area contributed by atoms with E-state index in [0.717, 1.165) is 12.3 Å². The van der Waals surface area contributed by atoms with Gasteiger partial charge in [0.25, 0.3) is 0 Å². The molecule has 0 atom stereocenters. The van der Waals surface area contributed by atoms with Gasteiger partial charge in [0.1, 0.15) is 12.4 Å². The highest BCUT2D eigenvalue weighted by Gasteiger charge is 2.00. The topological polar surface area (TPSA) is 30.5 Å². The molecule has 0 saturated carbocycles. The van der Waals surface area contributed by atoms with Gasteiger partial charge in [0, 0.05) is 12.1 Å². The summed E-state index contributed by atoms with van der Waals surface area (Å²) in [6, 6.07) is 8.04. The Hall–Kier alpha value is -1.32. The van der Waals surface area contributed by atoms with Crippen LogP contribution in [0.1, 0.15) is 12.5 Å². The summed E-state index contributed by atoms with van der Waals surface area (Å²) in [6.45, 7) is 4.64. The van der Waals surface area contributed by atoms with Crippen LogP contribution in [0.5, 0.6) is 5.75 Å². The zero-order valence-corrected chi connectivity index (χ0v) is 10.6. The second-order valence-corrected chi connectivity index (χ2v) is 3.63. The lowest BCUT2D eigenvalue weighted by atomic mass is 10.2. The molecule has 0 heterocycles. The molecule has 0 aliphatic carbocycles. The maximum Gasteiger partial charge on any atom is 0.123 e. The Labute approximate surface area is 103 Å². The van der Waals surface area contributed by atoms with Gasteiger partial charge in [0.15, 0.2) is 0 Å². The Balaban J connectivity index is 2.30. The largest absolute Gasteiger partial charge is 0.491 e. The van der Waals surface area contributed by atoms with Gasteiger partial charge < -0.3 is 14.8 Å². The Bertz CT molecular complexity index is 337. The van der Waals surface area contributed by atoms with Gasteiger partial charge in [0.2, 0.25) is 0 Å². The van der Waals surface area contributed by atoms with Crippen molar-refractivity contribution in [3.05, 3.63) is 42.0 Å². The second-order valence-electron chi connectivity index (χ2n) is 3.63. The van der Waals surface area contributed by atoms with Crippen molar-refractivity contribution in [2.24, 2.45) is 0 Å². The standard InChI is InChI=1S/C14H21NO2/c1-3-4-9-16-10-11-17-14-8-6-5-7-13(14)12-15-2/h3-8,15H,9-12H2,1-2H3/b4-3+. The summed E-state index contributed by atoms with van der Waals surface area (Å²) in [4.78, 5) is 0. The van der Waals surface area contributed by atoms with Crippen molar-refractivity contribution in [3.63, 3.8) is 0 Å². The first-order valence-corrected chi connectivity index (χ1v) is 5.92. The van der Waals surface area contributed by atoms with Crippen molar-refractivity contribution < 1.29 is 9.47 Å². The van der Waals surface area contributed by atoms with Gasteiger partial charge in [-0.2, -0.15) is 0 Å². The van der Waals surface area contributed by atoms with Crippen molar-refractivity contribution in [1.82, 2.24) is 5.32 Å². The molecule has 1 rings (SSSR count). The van der Waals surface area contributed by atoms with Crippen LogP contribution in [-0.4, -0.2) is 26.9 Å². The lowest BCUT2D eigenvalue weighted by Crippen LogP contribution is -2.10. The lowest BCUT2D eigenvalue weighted by Gasteiger charge is -2.10. The zero-order chi connectivity index (χ0) is 12.3. The lowest BCUT2D eigenvalue weighted by molar-refractivity contribution is 0.120. The number of benzene rings is 1. The molecule has 0 aliphatic rings. The Morgan fingerprint density at radius 3 is 2.82 bits per heavy atom. The second kappa shape index (κ2) is 8.79. The molecule has 0 radical (unpaired) electrons. The van der Waals surface area contributed by atoms with Gasteiger partial charge >= 0.3 is 0 Å². The van der Waals surface area contributed by atoms with E-state index in [1.807, 2.05) is 44.3 Å². The summed E-state index contributed by atoms with van der Waals surface area (Å²) in [6.07, 6.45) is 3.96. The van der Waals surface area contributed by atoms with Crippen molar-refractivity contribution >= 4 is 0 Å². The third-order valence-corrected chi connectivity index (χ3v) is 2.27. The molecule has 0 aromatic heterocycles. The van der Waals surface area contributed by atoms with E-state index in [9.17, 15) is 0 Å². The van der Waals surface area contributed by atoms with Crippen LogP contribution >= 0.6 is 0 Å². The van der Waals surface area contributed by atoms with Crippen LogP contribution in [0.3, 0.4) is 0 Å². The molecule has 0 unspecified atom stereocenters. The highest BCUT2D eigenvalue weighted by Crippen LogP contribution is 2.17. The van der Waals surface area contributed by atoms with E-state index in [4.69, 9.17) is 9.47 Å². The Morgan fingerprint density at radius 1 is 1.24 bits per heavy atom. The van der Waals surface area contributed by atoms with Crippen molar-refractivity contribution in [1.29, 1.82) is 0 Å². The van der Waals surface area contributed by atoms with E-state index in [1.165, 1.54) is 5.56 Å². The first-order valence-electron chi connectivity index (χ1n) is 5.92. The normalized spacial score (nSPS) is 10.9. The predicted molar refractivity (Wildman–Crippen MR) is 70.3 cm³/mol. The smallest absolute Gasteiger partial charge is 0.123 e. The van der Waals surface area contributed by atoms with Crippen molar-refractivity contribution in [3.8, 4) is 5.75 Å². The SMILES string of the molecule is C/C=C/COCCOc1ccccc1CNC. The molecule has 17 heavy (non-hydrogen) atoms. The van der Waals surface area contributed by atoms with E-state index in [-0.39, 0.29) is 0 Å². The fourth-order valence-corrected chi connectivity index (χ4v) is 1.44. The number of hydrogen-bond donors (Lipinski definition) is 1. The molecule has 0 aliphatic heterocycles. The minimum absolute atomic E-state index is 0.582. The maximum atomic E-state index is 5.68. The third kappa shape index (κ3) is 5.52. The molecular formula is C14H21NO2. The van der Waals surface area contributed by atoms with Crippen molar-refractivity contribution in [2.45, 2.75) is 13.5 Å². The van der Waals surface area contributed by atoms with Gasteiger partial charge in [-0.1, -0.05) is 30.4 Å². The molecule has 0 fully saturated rings. The monoisotopic (exact) mass is 235 g/mol. The van der Waals surface area contributed by atoms with Gasteiger partial charge in [-0.3, -0.25) is 0 Å². The molecule has 3 nitrogen and oxygen atoms in total. The van der Waals surface area contributed by atoms with Crippen LogP contribution in [0.2, 0.25) is 0 Å². The van der Waals surface area contributed by atoms with Gasteiger partial charge in [-0.05, 0) is 20.0 Å². The maximum absolute atomic E-state index is 5.68. The van der Waals surface area contributed by atoms with Crippen LogP contribution in [0.4, 0.5) is 0 Å². The fraction of sp³-hybridized carbons (Fsp3) is 0.429. The average molecular weight is 235 g/mol. The summed E-state index contributed by atoms with van der Waals surface area (Å²) in [7, 11) is 1.93. The summed E-state index contributed by atoms with van der Waals surface area (Å²) < 4.78 is 11.0. The molecule has 0 amide bonds. The number of allylic oxidation sites excluding steroid dienone is 1. The number of rotatable bonds is 8. The van der Waals surface area contributed by atoms with E-state index in [2.05, 4.69) is 11.4 Å². The van der Waals surface area contributed by atoms with Crippen molar-refractivity contribution in [2.75, 3.05) is 26.9 Å². The molecule has 1 N–H and O–H groups in total. The Kier molecular flexibility index (Phi) is 7.11. The van der Waals surface area contributed by atoms with Crippen LogP contribution in [0, 0.1) is 0 Å². The summed E-state index contributed by atoms with van der Waals surface area (Å²) in [5.41, 5.74) is 1.17. The molecule has 0 saturated heterocycles. The van der Waals surface area contributed by atoms with E-state index < -0.39 is 0 Å². The first kappa shape index (κ1) is 13.7. The van der Waals surface area contributed by atoms with E-state index >= 15 is 0 Å². The summed E-state index contributed by atoms with van der Waals surface area (Å²) >= 11 is 0. The van der Waals surface area contributed by atoms with Gasteiger partial charge in [0.05, 0.1) is 13.2 Å². The molecular weight excluding hydrogens is 214 g/mol. The third-order valence-electron chi connectivity index (χ3n) is 2.27. The van der Waals surface area contributed by atoms with Crippen LogP contribution in [-0.2, 0) is 11.3 Å². The highest BCUT2D eigenvalue weighted by atomic mass is 16.5. The summed E-state index contributed by atoms with van der Waals surface area (Å²) in [5.74, 6) is 0.927. The molecule has 3 heteroatoms. The Morgan fingerprint density at radius 2 is 2.06 bits per heavy atom. The molecule has 1 aromatic carbocycles. The average Bonchev–Trinajstić information content (AvgIpc) is 2.36. The molecule has 94 valence electrons. The van der Waals surface area contributed by atoms with Crippen LogP contribution in [0.15, 0.2) is 36.4 Å². The minimum atomic E-state index is 0.582. The fourth-order valence-electron chi connectivity index (χ4n) is 1.44. The van der Waals surface area contributed by atoms with E-state index in [0.29, 0.717) is 19.8 Å². The number of hydrogen-bond acceptors (Lipinski definition) is 3. The summed E-state index contributed by atoms with van der Waals surface area (Å²) in [5, 5.41) is 3.12. The minimum Gasteiger partial charge on any atom is -0.491 e. The van der Waals surface area contributed by atoms with E-state index in [1.54, 1.807) is 0 Å². The number of nitrogens with one attached hydrogen (secondary N) is 1. The molecule has 0 bridgehead atoms. The predicted octanol–water partition coefficient (Wildman–Crippen LogP) is 2.38. The van der Waals surface area contributed by atoms with Gasteiger partial charge in [-0.15, -0.1) is 0 Å². The van der Waals surface area contributed by atoms with Gasteiger partial charge in [-0.25, -0.2) is 0 Å². The van der Waals surface area contributed by atoms with Crippen LogP contribution < -0.4 is 10.1 Å². The first-order chi connectivity index (χ1) is 8.38. The van der Waals surface area contributed by atoms with Crippen LogP contribution in [0.25, 0.3) is 0 Å². The number of ether oxygens (including phenoxy) is 2. The molecule has 1 aromatic rings. The quantitative estimate of drug-likeness (QED) is 0.554. The molecule has 0 spiro atoms.